The lowest BCUT2D eigenvalue weighted by molar-refractivity contribution is 0.305. The lowest BCUT2D eigenvalue weighted by Crippen LogP contribution is -2.02. The van der Waals surface area contributed by atoms with Gasteiger partial charge in [0.2, 0.25) is 0 Å². The predicted octanol–water partition coefficient (Wildman–Crippen LogP) is 3.69. The second-order valence-electron chi connectivity index (χ2n) is 4.75. The van der Waals surface area contributed by atoms with E-state index >= 15 is 0 Å². The fourth-order valence-corrected chi connectivity index (χ4v) is 2.05. The summed E-state index contributed by atoms with van der Waals surface area (Å²) in [6.45, 7) is 0.817. The van der Waals surface area contributed by atoms with Gasteiger partial charge in [0.25, 0.3) is 0 Å². The summed E-state index contributed by atoms with van der Waals surface area (Å²) in [6.07, 6.45) is 3.06. The topological polar surface area (TPSA) is 35.2 Å². The monoisotopic (exact) mass is 273 g/mol. The summed E-state index contributed by atoms with van der Waals surface area (Å²) in [6, 6.07) is 15.2. The lowest BCUT2D eigenvalue weighted by Gasteiger charge is -2.08. The molecule has 0 saturated heterocycles. The van der Waals surface area contributed by atoms with Gasteiger partial charge in [-0.3, -0.25) is 0 Å². The Morgan fingerprint density at radius 1 is 1.00 bits per heavy atom. The van der Waals surface area contributed by atoms with Gasteiger partial charge in [-0.25, -0.2) is 4.39 Å². The molecule has 2 N–H and O–H groups in total. The lowest BCUT2D eigenvalue weighted by atomic mass is 10.1. The summed E-state index contributed by atoms with van der Waals surface area (Å²) < 4.78 is 19.0. The standard InChI is InChI=1S/C17H20FNO/c18-17-12-16(10-9-15(17)13-19)20-11-5-4-8-14-6-2-1-3-7-14/h1-3,6-7,9-10,12H,4-5,8,11,13,19H2. The Morgan fingerprint density at radius 2 is 1.80 bits per heavy atom. The third kappa shape index (κ3) is 4.35. The van der Waals surface area contributed by atoms with Gasteiger partial charge in [0.1, 0.15) is 11.6 Å². The number of hydrogen-bond donors (Lipinski definition) is 1. The first-order chi connectivity index (χ1) is 9.79. The largest absolute Gasteiger partial charge is 0.493 e. The molecule has 3 heteroatoms. The zero-order valence-electron chi connectivity index (χ0n) is 11.5. The van der Waals surface area contributed by atoms with Crippen LogP contribution in [0.3, 0.4) is 0 Å². The van der Waals surface area contributed by atoms with E-state index in [0.29, 0.717) is 17.9 Å². The molecule has 0 unspecified atom stereocenters. The van der Waals surface area contributed by atoms with Crippen LogP contribution in [0.25, 0.3) is 0 Å². The fourth-order valence-electron chi connectivity index (χ4n) is 2.05. The van der Waals surface area contributed by atoms with Crippen molar-refractivity contribution in [1.82, 2.24) is 0 Å². The van der Waals surface area contributed by atoms with E-state index in [1.807, 2.05) is 18.2 Å². The molecule has 2 aromatic carbocycles. The molecule has 0 fully saturated rings. The number of unbranched alkanes of at least 4 members (excludes halogenated alkanes) is 1. The molecule has 2 rings (SSSR count). The van der Waals surface area contributed by atoms with E-state index in [2.05, 4.69) is 12.1 Å². The maximum atomic E-state index is 13.5. The molecule has 0 aliphatic carbocycles. The van der Waals surface area contributed by atoms with Crippen LogP contribution in [0, 0.1) is 5.82 Å². The molecule has 106 valence electrons. The Hall–Kier alpha value is -1.87. The SMILES string of the molecule is NCc1ccc(OCCCCc2ccccc2)cc1F. The Bertz CT molecular complexity index is 528. The van der Waals surface area contributed by atoms with Crippen molar-refractivity contribution in [3.05, 3.63) is 65.5 Å². The highest BCUT2D eigenvalue weighted by Crippen LogP contribution is 2.16. The predicted molar refractivity (Wildman–Crippen MR) is 79.2 cm³/mol. The summed E-state index contributed by atoms with van der Waals surface area (Å²) in [5.41, 5.74) is 7.27. The van der Waals surface area contributed by atoms with Gasteiger partial charge >= 0.3 is 0 Å². The van der Waals surface area contributed by atoms with Crippen molar-refractivity contribution in [2.45, 2.75) is 25.8 Å². The van der Waals surface area contributed by atoms with Crippen LogP contribution in [-0.2, 0) is 13.0 Å². The van der Waals surface area contributed by atoms with E-state index in [1.54, 1.807) is 12.1 Å². The first-order valence-electron chi connectivity index (χ1n) is 6.95. The fraction of sp³-hybridized carbons (Fsp3) is 0.294. The zero-order chi connectivity index (χ0) is 14.2. The van der Waals surface area contributed by atoms with E-state index in [4.69, 9.17) is 10.5 Å². The van der Waals surface area contributed by atoms with Crippen LogP contribution in [0.4, 0.5) is 4.39 Å². The Labute approximate surface area is 119 Å². The molecule has 0 bridgehead atoms. The van der Waals surface area contributed by atoms with Crippen molar-refractivity contribution in [1.29, 1.82) is 0 Å². The number of rotatable bonds is 7. The molecule has 0 aliphatic heterocycles. The average Bonchev–Trinajstić information content (AvgIpc) is 2.48. The van der Waals surface area contributed by atoms with Crippen LogP contribution < -0.4 is 10.5 Å². The third-order valence-corrected chi connectivity index (χ3v) is 3.22. The molecule has 0 aliphatic rings. The van der Waals surface area contributed by atoms with Crippen LogP contribution in [0.2, 0.25) is 0 Å². The molecule has 0 radical (unpaired) electrons. The number of nitrogens with two attached hydrogens (primary N) is 1. The van der Waals surface area contributed by atoms with Gasteiger partial charge in [-0.1, -0.05) is 36.4 Å². The second-order valence-corrected chi connectivity index (χ2v) is 4.75. The summed E-state index contributed by atoms with van der Waals surface area (Å²) in [5, 5.41) is 0. The highest BCUT2D eigenvalue weighted by molar-refractivity contribution is 5.28. The van der Waals surface area contributed by atoms with Crippen molar-refractivity contribution < 1.29 is 9.13 Å². The molecule has 0 aromatic heterocycles. The maximum absolute atomic E-state index is 13.5. The summed E-state index contributed by atoms with van der Waals surface area (Å²) in [7, 11) is 0. The van der Waals surface area contributed by atoms with Crippen molar-refractivity contribution in [2.75, 3.05) is 6.61 Å². The molecule has 2 aromatic rings. The molecule has 0 spiro atoms. The van der Waals surface area contributed by atoms with Crippen LogP contribution in [-0.4, -0.2) is 6.61 Å². The van der Waals surface area contributed by atoms with Gasteiger partial charge in [-0.05, 0) is 30.9 Å². The number of ether oxygens (including phenoxy) is 1. The molecule has 0 amide bonds. The van der Waals surface area contributed by atoms with Gasteiger partial charge in [0.15, 0.2) is 0 Å². The minimum atomic E-state index is -0.297. The molecule has 2 nitrogen and oxygen atoms in total. The van der Waals surface area contributed by atoms with E-state index in [0.717, 1.165) is 19.3 Å². The Kier molecular flexibility index (Phi) is 5.56. The smallest absolute Gasteiger partial charge is 0.131 e. The highest BCUT2D eigenvalue weighted by atomic mass is 19.1. The number of benzene rings is 2. The molecular formula is C17H20FNO. The number of halogens is 1. The van der Waals surface area contributed by atoms with Gasteiger partial charge in [-0.2, -0.15) is 0 Å². The zero-order valence-corrected chi connectivity index (χ0v) is 11.5. The first-order valence-corrected chi connectivity index (χ1v) is 6.95. The number of hydrogen-bond acceptors (Lipinski definition) is 2. The summed E-state index contributed by atoms with van der Waals surface area (Å²) in [5.74, 6) is 0.272. The van der Waals surface area contributed by atoms with Gasteiger partial charge in [0.05, 0.1) is 6.61 Å². The summed E-state index contributed by atoms with van der Waals surface area (Å²) >= 11 is 0. The average molecular weight is 273 g/mol. The first kappa shape index (κ1) is 14.5. The number of aryl methyl sites for hydroxylation is 1. The normalized spacial score (nSPS) is 10.5. The minimum Gasteiger partial charge on any atom is -0.493 e. The Balaban J connectivity index is 1.69. The molecular weight excluding hydrogens is 253 g/mol. The van der Waals surface area contributed by atoms with E-state index in [9.17, 15) is 4.39 Å². The van der Waals surface area contributed by atoms with Crippen molar-refractivity contribution in [3.8, 4) is 5.75 Å². The summed E-state index contributed by atoms with van der Waals surface area (Å²) in [4.78, 5) is 0. The quantitative estimate of drug-likeness (QED) is 0.781. The van der Waals surface area contributed by atoms with Gasteiger partial charge in [-0.15, -0.1) is 0 Å². The van der Waals surface area contributed by atoms with Crippen LogP contribution >= 0.6 is 0 Å². The second kappa shape index (κ2) is 7.65. The van der Waals surface area contributed by atoms with Crippen LogP contribution in [0.15, 0.2) is 48.5 Å². The maximum Gasteiger partial charge on any atom is 0.131 e. The molecule has 0 atom stereocenters. The van der Waals surface area contributed by atoms with Crippen LogP contribution in [0.5, 0.6) is 5.75 Å². The molecule has 20 heavy (non-hydrogen) atoms. The van der Waals surface area contributed by atoms with Crippen molar-refractivity contribution >= 4 is 0 Å². The van der Waals surface area contributed by atoms with Gasteiger partial charge < -0.3 is 10.5 Å². The van der Waals surface area contributed by atoms with Crippen molar-refractivity contribution in [2.24, 2.45) is 5.73 Å². The minimum absolute atomic E-state index is 0.211. The molecule has 0 saturated carbocycles. The Morgan fingerprint density at radius 3 is 2.50 bits per heavy atom. The molecule has 0 heterocycles. The van der Waals surface area contributed by atoms with Crippen molar-refractivity contribution in [3.63, 3.8) is 0 Å². The van der Waals surface area contributed by atoms with E-state index < -0.39 is 0 Å². The van der Waals surface area contributed by atoms with Gasteiger partial charge in [0, 0.05) is 18.2 Å². The van der Waals surface area contributed by atoms with E-state index in [1.165, 1.54) is 11.6 Å². The highest BCUT2D eigenvalue weighted by Gasteiger charge is 2.02. The van der Waals surface area contributed by atoms with E-state index in [-0.39, 0.29) is 12.4 Å². The van der Waals surface area contributed by atoms with Crippen LogP contribution in [0.1, 0.15) is 24.0 Å². The third-order valence-electron chi connectivity index (χ3n) is 3.22.